The lowest BCUT2D eigenvalue weighted by atomic mass is 9.75. The van der Waals surface area contributed by atoms with E-state index in [-0.39, 0.29) is 12.2 Å². The summed E-state index contributed by atoms with van der Waals surface area (Å²) in [4.78, 5) is 18.5. The Morgan fingerprint density at radius 1 is 1.18 bits per heavy atom. The minimum atomic E-state index is -4.80. The van der Waals surface area contributed by atoms with Crippen LogP contribution >= 0.6 is 0 Å². The fourth-order valence-electron chi connectivity index (χ4n) is 4.15. The van der Waals surface area contributed by atoms with Crippen LogP contribution in [0.1, 0.15) is 67.5 Å². The maximum Gasteiger partial charge on any atom is 0.495 e. The third kappa shape index (κ3) is 4.08. The van der Waals surface area contributed by atoms with E-state index < -0.39 is 47.7 Å². The number of hydrogen-bond donors (Lipinski definition) is 1. The van der Waals surface area contributed by atoms with E-state index in [1.807, 2.05) is 45.9 Å². The SMILES string of the molecule is COc1nc(N[C@H]2CCc3c(B4OC(C)(C)C(C)(C)O4)cccc32)c(C(F)(F)F)nc1C=O. The minimum absolute atomic E-state index is 0.187. The number of rotatable bonds is 5. The third-order valence-corrected chi connectivity index (χ3v) is 6.59. The molecular formula is C22H25BF3N3O4. The predicted molar refractivity (Wildman–Crippen MR) is 116 cm³/mol. The van der Waals surface area contributed by atoms with Crippen LogP contribution in [0.3, 0.4) is 0 Å². The quantitative estimate of drug-likeness (QED) is 0.535. The largest absolute Gasteiger partial charge is 0.495 e. The Bertz CT molecular complexity index is 1080. The molecule has 11 heteroatoms. The van der Waals surface area contributed by atoms with Crippen LogP contribution in [0.25, 0.3) is 0 Å². The van der Waals surface area contributed by atoms with Crippen molar-refractivity contribution in [3.63, 3.8) is 0 Å². The second-order valence-electron chi connectivity index (χ2n) is 9.17. The zero-order valence-electron chi connectivity index (χ0n) is 19.0. The van der Waals surface area contributed by atoms with Gasteiger partial charge < -0.3 is 19.4 Å². The number of methoxy groups -OCH3 is 1. The summed E-state index contributed by atoms with van der Waals surface area (Å²) in [7, 11) is 0.650. The molecule has 0 saturated carbocycles. The van der Waals surface area contributed by atoms with Gasteiger partial charge in [-0.2, -0.15) is 18.2 Å². The van der Waals surface area contributed by atoms with Gasteiger partial charge in [-0.15, -0.1) is 0 Å². The number of carbonyl (C=O) groups is 1. The summed E-state index contributed by atoms with van der Waals surface area (Å²) < 4.78 is 58.3. The molecule has 1 aromatic carbocycles. The van der Waals surface area contributed by atoms with Gasteiger partial charge in [0.25, 0.3) is 0 Å². The molecule has 1 N–H and O–H groups in total. The fraction of sp³-hybridized carbons (Fsp3) is 0.500. The Morgan fingerprint density at radius 2 is 1.85 bits per heavy atom. The summed E-state index contributed by atoms with van der Waals surface area (Å²) in [5.74, 6) is -0.756. The first-order valence-corrected chi connectivity index (χ1v) is 10.6. The van der Waals surface area contributed by atoms with Crippen molar-refractivity contribution in [2.75, 3.05) is 12.4 Å². The molecule has 1 atom stereocenters. The first-order chi connectivity index (χ1) is 15.4. The molecule has 1 saturated heterocycles. The fourth-order valence-corrected chi connectivity index (χ4v) is 4.15. The number of hydrogen-bond acceptors (Lipinski definition) is 7. The number of alkyl halides is 3. The highest BCUT2D eigenvalue weighted by atomic mass is 19.4. The molecule has 0 spiro atoms. The number of halogens is 3. The number of benzene rings is 1. The Labute approximate surface area is 190 Å². The van der Waals surface area contributed by atoms with Crippen LogP contribution in [0.15, 0.2) is 18.2 Å². The maximum atomic E-state index is 13.7. The Morgan fingerprint density at radius 3 is 2.42 bits per heavy atom. The third-order valence-electron chi connectivity index (χ3n) is 6.59. The summed E-state index contributed by atoms with van der Waals surface area (Å²) in [5.41, 5.74) is -0.102. The number of aldehydes is 1. The molecule has 1 fully saturated rings. The van der Waals surface area contributed by atoms with Crippen molar-refractivity contribution in [3.05, 3.63) is 40.7 Å². The number of ether oxygens (including phenoxy) is 1. The highest BCUT2D eigenvalue weighted by Gasteiger charge is 2.52. The number of anilines is 1. The molecule has 7 nitrogen and oxygen atoms in total. The average Bonchev–Trinajstić information content (AvgIpc) is 3.23. The van der Waals surface area contributed by atoms with Crippen LogP contribution in [0.2, 0.25) is 0 Å². The van der Waals surface area contributed by atoms with Crippen molar-refractivity contribution in [1.29, 1.82) is 0 Å². The highest BCUT2D eigenvalue weighted by molar-refractivity contribution is 6.62. The molecule has 1 aromatic heterocycles. The van der Waals surface area contributed by atoms with Crippen LogP contribution in [0, 0.1) is 0 Å². The zero-order valence-corrected chi connectivity index (χ0v) is 19.0. The number of aromatic nitrogens is 2. The van der Waals surface area contributed by atoms with Gasteiger partial charge in [0, 0.05) is 0 Å². The predicted octanol–water partition coefficient (Wildman–Crippen LogP) is 3.72. The van der Waals surface area contributed by atoms with E-state index in [0.717, 1.165) is 16.6 Å². The van der Waals surface area contributed by atoms with Gasteiger partial charge in [0.1, 0.15) is 0 Å². The zero-order chi connectivity index (χ0) is 24.2. The van der Waals surface area contributed by atoms with Crippen molar-refractivity contribution in [2.45, 2.75) is 64.0 Å². The van der Waals surface area contributed by atoms with Gasteiger partial charge in [-0.25, -0.2) is 4.98 Å². The summed E-state index contributed by atoms with van der Waals surface area (Å²) in [5, 5.41) is 2.88. The molecule has 0 amide bonds. The van der Waals surface area contributed by atoms with Crippen molar-refractivity contribution in [3.8, 4) is 5.88 Å². The molecule has 176 valence electrons. The standard InChI is InChI=1S/C22H25BF3N3O4/c1-20(2)21(3,4)33-23(32-20)14-8-6-7-13-12(14)9-10-15(13)28-18-17(22(24,25)26)27-16(11-30)19(29-18)31-5/h6-8,11,15H,9-10H2,1-5H3,(H,28,29)/t15-/m0/s1. The molecular weight excluding hydrogens is 438 g/mol. The lowest BCUT2D eigenvalue weighted by molar-refractivity contribution is -0.140. The molecule has 33 heavy (non-hydrogen) atoms. The first kappa shape index (κ1) is 23.5. The van der Waals surface area contributed by atoms with Crippen molar-refractivity contribution >= 4 is 24.7 Å². The minimum Gasteiger partial charge on any atom is -0.479 e. The molecule has 0 radical (unpaired) electrons. The van der Waals surface area contributed by atoms with Gasteiger partial charge in [-0.05, 0) is 57.1 Å². The molecule has 1 aliphatic heterocycles. The van der Waals surface area contributed by atoms with Crippen molar-refractivity contribution in [1.82, 2.24) is 9.97 Å². The van der Waals surface area contributed by atoms with Crippen molar-refractivity contribution in [2.24, 2.45) is 0 Å². The van der Waals surface area contributed by atoms with E-state index in [2.05, 4.69) is 15.3 Å². The summed E-state index contributed by atoms with van der Waals surface area (Å²) >= 11 is 0. The molecule has 2 aromatic rings. The van der Waals surface area contributed by atoms with Gasteiger partial charge >= 0.3 is 13.3 Å². The molecule has 0 unspecified atom stereocenters. The summed E-state index contributed by atoms with van der Waals surface area (Å²) in [6.45, 7) is 7.87. The van der Waals surface area contributed by atoms with Crippen LogP contribution in [0.5, 0.6) is 5.88 Å². The van der Waals surface area contributed by atoms with E-state index >= 15 is 0 Å². The highest BCUT2D eigenvalue weighted by Crippen LogP contribution is 2.40. The van der Waals surface area contributed by atoms with E-state index in [0.29, 0.717) is 12.8 Å². The Balaban J connectivity index is 1.69. The van der Waals surface area contributed by atoms with Gasteiger partial charge in [-0.1, -0.05) is 18.2 Å². The van der Waals surface area contributed by atoms with Gasteiger partial charge in [0.05, 0.1) is 24.4 Å². The molecule has 2 heterocycles. The normalized spacial score (nSPS) is 21.1. The lowest BCUT2D eigenvalue weighted by Gasteiger charge is -2.32. The molecule has 1 aliphatic carbocycles. The van der Waals surface area contributed by atoms with E-state index in [9.17, 15) is 18.0 Å². The van der Waals surface area contributed by atoms with Crippen LogP contribution < -0.4 is 15.5 Å². The monoisotopic (exact) mass is 463 g/mol. The number of carbonyl (C=O) groups excluding carboxylic acids is 1. The average molecular weight is 463 g/mol. The number of fused-ring (bicyclic) bond motifs is 1. The maximum absolute atomic E-state index is 13.7. The Hall–Kier alpha value is -2.66. The smallest absolute Gasteiger partial charge is 0.479 e. The van der Waals surface area contributed by atoms with Gasteiger partial charge in [0.2, 0.25) is 5.88 Å². The van der Waals surface area contributed by atoms with E-state index in [1.165, 1.54) is 7.11 Å². The summed E-state index contributed by atoms with van der Waals surface area (Å²) in [6, 6.07) is 5.19. The van der Waals surface area contributed by atoms with Crippen LogP contribution in [-0.4, -0.2) is 41.7 Å². The number of nitrogens with zero attached hydrogens (tertiary/aromatic N) is 2. The van der Waals surface area contributed by atoms with Gasteiger partial charge in [0.15, 0.2) is 23.5 Å². The first-order valence-electron chi connectivity index (χ1n) is 10.6. The summed E-state index contributed by atoms with van der Waals surface area (Å²) in [6.07, 6.45) is -3.44. The second kappa shape index (κ2) is 7.98. The topological polar surface area (TPSA) is 82.6 Å². The number of nitrogens with one attached hydrogen (secondary N) is 1. The van der Waals surface area contributed by atoms with E-state index in [4.69, 9.17) is 14.0 Å². The molecule has 2 aliphatic rings. The second-order valence-corrected chi connectivity index (χ2v) is 9.17. The Kier molecular flexibility index (Phi) is 5.69. The van der Waals surface area contributed by atoms with Crippen LogP contribution in [-0.2, 0) is 21.9 Å². The molecule has 0 bridgehead atoms. The van der Waals surface area contributed by atoms with Gasteiger partial charge in [-0.3, -0.25) is 4.79 Å². The lowest BCUT2D eigenvalue weighted by Crippen LogP contribution is -2.41. The van der Waals surface area contributed by atoms with Crippen LogP contribution in [0.4, 0.5) is 19.0 Å². The van der Waals surface area contributed by atoms with E-state index in [1.54, 1.807) is 0 Å². The molecule has 4 rings (SSSR count). The van der Waals surface area contributed by atoms with Crippen molar-refractivity contribution < 1.29 is 32.0 Å².